The third kappa shape index (κ3) is 2.11. The first-order valence-electron chi connectivity index (χ1n) is 3.81. The van der Waals surface area contributed by atoms with Crippen LogP contribution in [-0.4, -0.2) is 12.1 Å². The van der Waals surface area contributed by atoms with Crippen LogP contribution in [0.1, 0.15) is 17.6 Å². The molecule has 2 N–H and O–H groups in total. The van der Waals surface area contributed by atoms with Gasteiger partial charge in [-0.15, -0.1) is 0 Å². The van der Waals surface area contributed by atoms with E-state index in [-0.39, 0.29) is 17.9 Å². The molecule has 0 unspecified atom stereocenters. The standard InChI is InChI=1S/C8H9F2IN2O/c1-14-6-5(7(9)10)4(2-12)3-13-8(6)11/h3,7H,2,12H2,1H3. The fourth-order valence-corrected chi connectivity index (χ4v) is 1.77. The lowest BCUT2D eigenvalue weighted by atomic mass is 10.1. The molecular formula is C8H9F2IN2O. The van der Waals surface area contributed by atoms with Gasteiger partial charge in [0.2, 0.25) is 0 Å². The maximum Gasteiger partial charge on any atom is 0.267 e. The van der Waals surface area contributed by atoms with Gasteiger partial charge in [-0.2, -0.15) is 0 Å². The van der Waals surface area contributed by atoms with Crippen LogP contribution in [0.3, 0.4) is 0 Å². The van der Waals surface area contributed by atoms with Crippen molar-refractivity contribution >= 4 is 22.6 Å². The SMILES string of the molecule is COc1c(I)ncc(CN)c1C(F)F. The molecule has 0 radical (unpaired) electrons. The zero-order valence-corrected chi connectivity index (χ0v) is 9.59. The Morgan fingerprint density at radius 2 is 2.29 bits per heavy atom. The van der Waals surface area contributed by atoms with Crippen LogP contribution in [0.4, 0.5) is 8.78 Å². The molecule has 0 atom stereocenters. The third-order valence-corrected chi connectivity index (χ3v) is 2.52. The van der Waals surface area contributed by atoms with Gasteiger partial charge >= 0.3 is 0 Å². The van der Waals surface area contributed by atoms with E-state index in [1.165, 1.54) is 13.3 Å². The topological polar surface area (TPSA) is 48.1 Å². The molecule has 0 aliphatic heterocycles. The van der Waals surface area contributed by atoms with Crippen LogP contribution in [0.25, 0.3) is 0 Å². The number of halogens is 3. The van der Waals surface area contributed by atoms with Crippen molar-refractivity contribution in [1.29, 1.82) is 0 Å². The molecular weight excluding hydrogens is 305 g/mol. The van der Waals surface area contributed by atoms with Crippen LogP contribution in [0.15, 0.2) is 6.20 Å². The van der Waals surface area contributed by atoms with Crippen molar-refractivity contribution in [3.05, 3.63) is 21.0 Å². The van der Waals surface area contributed by atoms with Gasteiger partial charge in [-0.1, -0.05) is 0 Å². The Labute approximate surface area is 93.8 Å². The van der Waals surface area contributed by atoms with Gasteiger partial charge < -0.3 is 10.5 Å². The lowest BCUT2D eigenvalue weighted by Gasteiger charge is -2.12. The first kappa shape index (κ1) is 11.6. The summed E-state index contributed by atoms with van der Waals surface area (Å²) < 4.78 is 30.6. The highest BCUT2D eigenvalue weighted by atomic mass is 127. The fraction of sp³-hybridized carbons (Fsp3) is 0.375. The Hall–Kier alpha value is -0.500. The van der Waals surface area contributed by atoms with E-state index in [0.717, 1.165) is 0 Å². The molecule has 0 bridgehead atoms. The monoisotopic (exact) mass is 314 g/mol. The molecule has 0 aliphatic carbocycles. The summed E-state index contributed by atoms with van der Waals surface area (Å²) in [6, 6.07) is 0. The highest BCUT2D eigenvalue weighted by Crippen LogP contribution is 2.34. The molecule has 78 valence electrons. The summed E-state index contributed by atoms with van der Waals surface area (Å²) in [6.07, 6.45) is -1.24. The largest absolute Gasteiger partial charge is 0.493 e. The molecule has 0 aromatic carbocycles. The number of nitrogens with zero attached hydrogens (tertiary/aromatic N) is 1. The van der Waals surface area contributed by atoms with Crippen molar-refractivity contribution in [3.63, 3.8) is 0 Å². The Morgan fingerprint density at radius 3 is 2.71 bits per heavy atom. The Balaban J connectivity index is 3.36. The number of pyridine rings is 1. The molecule has 14 heavy (non-hydrogen) atoms. The predicted molar refractivity (Wildman–Crippen MR) is 56.4 cm³/mol. The van der Waals surface area contributed by atoms with Gasteiger partial charge in [-0.25, -0.2) is 13.8 Å². The van der Waals surface area contributed by atoms with E-state index in [1.54, 1.807) is 0 Å². The second-order valence-corrected chi connectivity index (χ2v) is 3.55. The predicted octanol–water partition coefficient (Wildman–Crippen LogP) is 2.09. The number of ether oxygens (including phenoxy) is 1. The molecule has 0 saturated carbocycles. The van der Waals surface area contributed by atoms with Crippen LogP contribution >= 0.6 is 22.6 Å². The van der Waals surface area contributed by atoms with Gasteiger partial charge in [0.1, 0.15) is 3.70 Å². The molecule has 1 aromatic rings. The van der Waals surface area contributed by atoms with E-state index < -0.39 is 6.43 Å². The van der Waals surface area contributed by atoms with E-state index in [4.69, 9.17) is 10.5 Å². The van der Waals surface area contributed by atoms with Gasteiger partial charge in [0.25, 0.3) is 6.43 Å². The van der Waals surface area contributed by atoms with Crippen LogP contribution in [-0.2, 0) is 6.54 Å². The Bertz CT molecular complexity index is 333. The molecule has 1 aromatic heterocycles. The maximum atomic E-state index is 12.7. The van der Waals surface area contributed by atoms with Gasteiger partial charge in [0, 0.05) is 12.7 Å². The zero-order valence-electron chi connectivity index (χ0n) is 7.43. The molecule has 0 saturated heterocycles. The van der Waals surface area contributed by atoms with E-state index >= 15 is 0 Å². The maximum absolute atomic E-state index is 12.7. The first-order valence-corrected chi connectivity index (χ1v) is 4.89. The quantitative estimate of drug-likeness (QED) is 0.686. The number of alkyl halides is 2. The van der Waals surface area contributed by atoms with Crippen molar-refractivity contribution in [3.8, 4) is 5.75 Å². The minimum absolute atomic E-state index is 0.0277. The highest BCUT2D eigenvalue weighted by molar-refractivity contribution is 14.1. The normalized spacial score (nSPS) is 10.7. The summed E-state index contributed by atoms with van der Waals surface area (Å²) in [7, 11) is 1.34. The van der Waals surface area contributed by atoms with Gasteiger partial charge in [-0.05, 0) is 28.2 Å². The number of methoxy groups -OCH3 is 1. The van der Waals surface area contributed by atoms with Crippen LogP contribution < -0.4 is 10.5 Å². The average molecular weight is 314 g/mol. The van der Waals surface area contributed by atoms with Crippen LogP contribution in [0.2, 0.25) is 0 Å². The number of aromatic nitrogens is 1. The Kier molecular flexibility index (Phi) is 3.99. The van der Waals surface area contributed by atoms with Gasteiger partial charge in [0.15, 0.2) is 5.75 Å². The average Bonchev–Trinajstić information content (AvgIpc) is 2.17. The van der Waals surface area contributed by atoms with Crippen molar-refractivity contribution in [2.24, 2.45) is 5.73 Å². The lowest BCUT2D eigenvalue weighted by Crippen LogP contribution is -2.07. The van der Waals surface area contributed by atoms with Crippen molar-refractivity contribution < 1.29 is 13.5 Å². The third-order valence-electron chi connectivity index (χ3n) is 1.75. The van der Waals surface area contributed by atoms with Gasteiger partial charge in [0.05, 0.1) is 12.7 Å². The fourth-order valence-electron chi connectivity index (χ4n) is 1.12. The van der Waals surface area contributed by atoms with E-state index in [0.29, 0.717) is 9.26 Å². The molecule has 1 heterocycles. The number of nitrogens with two attached hydrogens (primary N) is 1. The van der Waals surface area contributed by atoms with Crippen molar-refractivity contribution in [1.82, 2.24) is 4.98 Å². The van der Waals surface area contributed by atoms with E-state index in [2.05, 4.69) is 4.98 Å². The molecule has 0 spiro atoms. The summed E-state index contributed by atoms with van der Waals surface area (Å²) in [5.74, 6) is 0.114. The highest BCUT2D eigenvalue weighted by Gasteiger charge is 2.21. The summed E-state index contributed by atoms with van der Waals surface area (Å²) >= 11 is 1.84. The number of rotatable bonds is 3. The second-order valence-electron chi connectivity index (χ2n) is 2.53. The molecule has 1 rings (SSSR count). The summed E-state index contributed by atoms with van der Waals surface area (Å²) in [5.41, 5.74) is 5.49. The van der Waals surface area contributed by atoms with Crippen molar-refractivity contribution in [2.45, 2.75) is 13.0 Å². The first-order chi connectivity index (χ1) is 6.61. The smallest absolute Gasteiger partial charge is 0.267 e. The van der Waals surface area contributed by atoms with Crippen LogP contribution in [0, 0.1) is 3.70 Å². The molecule has 0 amide bonds. The Morgan fingerprint density at radius 1 is 1.64 bits per heavy atom. The minimum Gasteiger partial charge on any atom is -0.493 e. The molecule has 3 nitrogen and oxygen atoms in total. The zero-order chi connectivity index (χ0) is 10.7. The number of hydrogen-bond acceptors (Lipinski definition) is 3. The summed E-state index contributed by atoms with van der Waals surface area (Å²) in [5, 5.41) is 0. The van der Waals surface area contributed by atoms with Gasteiger partial charge in [-0.3, -0.25) is 0 Å². The molecule has 0 aliphatic rings. The molecule has 6 heteroatoms. The minimum atomic E-state index is -2.60. The summed E-state index contributed by atoms with van der Waals surface area (Å²) in [6.45, 7) is 0.0277. The summed E-state index contributed by atoms with van der Waals surface area (Å²) in [4.78, 5) is 3.91. The van der Waals surface area contributed by atoms with Crippen molar-refractivity contribution in [2.75, 3.05) is 7.11 Å². The lowest BCUT2D eigenvalue weighted by molar-refractivity contribution is 0.145. The number of hydrogen-bond donors (Lipinski definition) is 1. The van der Waals surface area contributed by atoms with E-state index in [9.17, 15) is 8.78 Å². The molecule has 0 fully saturated rings. The van der Waals surface area contributed by atoms with E-state index in [1.807, 2.05) is 22.6 Å². The second kappa shape index (κ2) is 4.83. The van der Waals surface area contributed by atoms with Crippen LogP contribution in [0.5, 0.6) is 5.75 Å².